The molecule has 10 heteroatoms. The summed E-state index contributed by atoms with van der Waals surface area (Å²) in [5.74, 6) is -0.458. The Balaban J connectivity index is 1.96. The predicted molar refractivity (Wildman–Crippen MR) is 97.8 cm³/mol. The minimum Gasteiger partial charge on any atom is -0.228 e. The zero-order valence-electron chi connectivity index (χ0n) is 14.6. The van der Waals surface area contributed by atoms with Crippen molar-refractivity contribution in [2.45, 2.75) is 22.7 Å². The smallest absolute Gasteiger partial charge is 0.228 e. The summed E-state index contributed by atoms with van der Waals surface area (Å²) in [7, 11) is -8.16. The summed E-state index contributed by atoms with van der Waals surface area (Å²) in [5.41, 5.74) is -0.723. The number of halogens is 3. The van der Waals surface area contributed by atoms with Crippen molar-refractivity contribution in [3.63, 3.8) is 0 Å². The molecule has 0 N–H and O–H groups in total. The molecule has 1 heterocycles. The van der Waals surface area contributed by atoms with Crippen LogP contribution >= 0.6 is 0 Å². The second-order valence-electron chi connectivity index (χ2n) is 6.45. The fourth-order valence-electron chi connectivity index (χ4n) is 3.27. The van der Waals surface area contributed by atoms with Gasteiger partial charge < -0.3 is 0 Å². The number of hydrogen-bond acceptors (Lipinski definition) is 4. The Morgan fingerprint density at radius 1 is 0.929 bits per heavy atom. The standard InChI is InChI=1S/C18H18F3NO4S2/c19-18(20,21)15-8-4-5-9-17(15)28(25,26)22-11-10-16(27(23,24)13-12-22)14-6-2-1-3-7-14/h1-9,16H,10-13H2/t16-/m0/s1. The first-order valence-corrected chi connectivity index (χ1v) is 11.6. The predicted octanol–water partition coefficient (Wildman–Crippen LogP) is 3.26. The van der Waals surface area contributed by atoms with Crippen LogP contribution in [0.4, 0.5) is 13.2 Å². The summed E-state index contributed by atoms with van der Waals surface area (Å²) < 4.78 is 91.7. The highest BCUT2D eigenvalue weighted by Crippen LogP contribution is 2.36. The number of alkyl halides is 3. The molecular weight excluding hydrogens is 415 g/mol. The Bertz CT molecular complexity index is 1050. The molecule has 1 aliphatic rings. The highest BCUT2D eigenvalue weighted by molar-refractivity contribution is 7.92. The van der Waals surface area contributed by atoms with Gasteiger partial charge in [-0.2, -0.15) is 17.5 Å². The van der Waals surface area contributed by atoms with Gasteiger partial charge in [0.05, 0.1) is 21.5 Å². The number of hydrogen-bond donors (Lipinski definition) is 0. The van der Waals surface area contributed by atoms with Crippen LogP contribution in [0.1, 0.15) is 22.8 Å². The lowest BCUT2D eigenvalue weighted by atomic mass is 10.1. The Kier molecular flexibility index (Phi) is 5.57. The topological polar surface area (TPSA) is 71.5 Å². The summed E-state index contributed by atoms with van der Waals surface area (Å²) >= 11 is 0. The average Bonchev–Trinajstić information content (AvgIpc) is 2.80. The van der Waals surface area contributed by atoms with E-state index < -0.39 is 47.5 Å². The highest BCUT2D eigenvalue weighted by Gasteiger charge is 2.41. The lowest BCUT2D eigenvalue weighted by Crippen LogP contribution is -2.34. The third-order valence-corrected chi connectivity index (χ3v) is 8.76. The van der Waals surface area contributed by atoms with Crippen molar-refractivity contribution in [3.05, 3.63) is 65.7 Å². The van der Waals surface area contributed by atoms with E-state index in [0.29, 0.717) is 11.6 Å². The van der Waals surface area contributed by atoms with Gasteiger partial charge in [0.25, 0.3) is 0 Å². The molecule has 152 valence electrons. The highest BCUT2D eigenvalue weighted by atomic mass is 32.2. The Hall–Kier alpha value is -1.91. The molecule has 1 aliphatic heterocycles. The number of sulfone groups is 1. The van der Waals surface area contributed by atoms with E-state index in [2.05, 4.69) is 0 Å². The summed E-state index contributed by atoms with van der Waals surface area (Å²) in [6, 6.07) is 12.3. The number of sulfonamides is 1. The van der Waals surface area contributed by atoms with Crippen LogP contribution in [0, 0.1) is 0 Å². The molecule has 2 aromatic rings. The molecule has 5 nitrogen and oxygen atoms in total. The lowest BCUT2D eigenvalue weighted by Gasteiger charge is -2.22. The maximum Gasteiger partial charge on any atom is 0.417 e. The summed E-state index contributed by atoms with van der Waals surface area (Å²) in [5, 5.41) is -0.897. The second-order valence-corrected chi connectivity index (χ2v) is 10.7. The maximum absolute atomic E-state index is 13.3. The molecule has 0 bridgehead atoms. The van der Waals surface area contributed by atoms with Gasteiger partial charge in [0.15, 0.2) is 9.84 Å². The first-order chi connectivity index (χ1) is 13.0. The average molecular weight is 433 g/mol. The van der Waals surface area contributed by atoms with Crippen LogP contribution < -0.4 is 0 Å². The Labute approximate surface area is 161 Å². The molecule has 2 aromatic carbocycles. The van der Waals surface area contributed by atoms with Crippen molar-refractivity contribution >= 4 is 19.9 Å². The van der Waals surface area contributed by atoms with Crippen molar-refractivity contribution in [1.29, 1.82) is 0 Å². The Morgan fingerprint density at radius 2 is 1.54 bits per heavy atom. The fourth-order valence-corrected chi connectivity index (χ4v) is 6.85. The summed E-state index contributed by atoms with van der Waals surface area (Å²) in [6.07, 6.45) is -4.87. The van der Waals surface area contributed by atoms with Crippen LogP contribution in [-0.2, 0) is 26.0 Å². The zero-order valence-corrected chi connectivity index (χ0v) is 16.3. The van der Waals surface area contributed by atoms with Crippen molar-refractivity contribution in [3.8, 4) is 0 Å². The molecule has 0 aromatic heterocycles. The van der Waals surface area contributed by atoms with Gasteiger partial charge in [-0.05, 0) is 24.1 Å². The molecule has 3 rings (SSSR count). The van der Waals surface area contributed by atoms with E-state index in [4.69, 9.17) is 0 Å². The van der Waals surface area contributed by atoms with Crippen LogP contribution in [0.3, 0.4) is 0 Å². The normalized spacial score (nSPS) is 21.2. The van der Waals surface area contributed by atoms with E-state index in [0.717, 1.165) is 16.4 Å². The minimum atomic E-state index is -4.84. The minimum absolute atomic E-state index is 0.0280. The number of rotatable bonds is 3. The molecule has 0 unspecified atom stereocenters. The van der Waals surface area contributed by atoms with Gasteiger partial charge >= 0.3 is 6.18 Å². The Morgan fingerprint density at radius 3 is 2.18 bits per heavy atom. The van der Waals surface area contributed by atoms with Gasteiger partial charge in [-0.15, -0.1) is 0 Å². The van der Waals surface area contributed by atoms with Crippen molar-refractivity contribution < 1.29 is 30.0 Å². The quantitative estimate of drug-likeness (QED) is 0.745. The number of nitrogens with zero attached hydrogens (tertiary/aromatic N) is 1. The molecule has 0 spiro atoms. The van der Waals surface area contributed by atoms with Crippen LogP contribution in [0.5, 0.6) is 0 Å². The van der Waals surface area contributed by atoms with Gasteiger partial charge in [-0.3, -0.25) is 0 Å². The third-order valence-electron chi connectivity index (χ3n) is 4.68. The molecule has 0 radical (unpaired) electrons. The number of benzene rings is 2. The second kappa shape index (κ2) is 7.49. The maximum atomic E-state index is 13.3. The monoisotopic (exact) mass is 433 g/mol. The fraction of sp³-hybridized carbons (Fsp3) is 0.333. The molecule has 0 aliphatic carbocycles. The van der Waals surface area contributed by atoms with Crippen LogP contribution in [0.2, 0.25) is 0 Å². The molecule has 1 fully saturated rings. The van der Waals surface area contributed by atoms with Crippen LogP contribution in [0.15, 0.2) is 59.5 Å². The van der Waals surface area contributed by atoms with E-state index in [1.165, 1.54) is 6.07 Å². The molecule has 28 heavy (non-hydrogen) atoms. The molecule has 0 saturated carbocycles. The molecular formula is C18H18F3NO4S2. The van der Waals surface area contributed by atoms with Gasteiger partial charge in [0.2, 0.25) is 10.0 Å². The molecule has 0 amide bonds. The van der Waals surface area contributed by atoms with Gasteiger partial charge in [0.1, 0.15) is 0 Å². The van der Waals surface area contributed by atoms with Gasteiger partial charge in [-0.25, -0.2) is 16.8 Å². The largest absolute Gasteiger partial charge is 0.417 e. The lowest BCUT2D eigenvalue weighted by molar-refractivity contribution is -0.139. The van der Waals surface area contributed by atoms with Crippen LogP contribution in [-0.4, -0.2) is 40.0 Å². The van der Waals surface area contributed by atoms with E-state index in [1.807, 2.05) is 0 Å². The molecule has 1 atom stereocenters. The first kappa shape index (κ1) is 20.8. The van der Waals surface area contributed by atoms with Crippen molar-refractivity contribution in [1.82, 2.24) is 4.31 Å². The molecule has 1 saturated heterocycles. The van der Waals surface area contributed by atoms with Crippen LogP contribution in [0.25, 0.3) is 0 Å². The van der Waals surface area contributed by atoms with Gasteiger partial charge in [0, 0.05) is 13.1 Å². The van der Waals surface area contributed by atoms with E-state index in [9.17, 15) is 30.0 Å². The van der Waals surface area contributed by atoms with Gasteiger partial charge in [-0.1, -0.05) is 42.5 Å². The van der Waals surface area contributed by atoms with Crippen molar-refractivity contribution in [2.75, 3.05) is 18.8 Å². The SMILES string of the molecule is O=S1(=O)CCN(S(=O)(=O)c2ccccc2C(F)(F)F)CC[C@H]1c1ccccc1. The van der Waals surface area contributed by atoms with Crippen molar-refractivity contribution in [2.24, 2.45) is 0 Å². The summed E-state index contributed by atoms with van der Waals surface area (Å²) in [6.45, 7) is -0.576. The summed E-state index contributed by atoms with van der Waals surface area (Å²) in [4.78, 5) is -0.863. The van der Waals surface area contributed by atoms with E-state index in [-0.39, 0.29) is 19.5 Å². The third kappa shape index (κ3) is 4.08. The van der Waals surface area contributed by atoms with E-state index in [1.54, 1.807) is 30.3 Å². The van der Waals surface area contributed by atoms with E-state index >= 15 is 0 Å². The first-order valence-electron chi connectivity index (χ1n) is 8.46. The zero-order chi connectivity index (χ0) is 20.6.